The van der Waals surface area contributed by atoms with Crippen LogP contribution in [0.25, 0.3) is 0 Å². The van der Waals surface area contributed by atoms with Crippen LogP contribution in [0.4, 0.5) is 0 Å². The number of rotatable bonds is 6. The molecule has 0 aromatic heterocycles. The molecule has 2 bridgehead atoms. The fourth-order valence-corrected chi connectivity index (χ4v) is 4.26. The highest BCUT2D eigenvalue weighted by molar-refractivity contribution is 7.87. The largest absolute Gasteiger partial charge is 0.481 e. The van der Waals surface area contributed by atoms with Crippen molar-refractivity contribution in [3.8, 4) is 0 Å². The topological polar surface area (TPSA) is 86.7 Å². The van der Waals surface area contributed by atoms with E-state index in [9.17, 15) is 13.2 Å². The second-order valence-electron chi connectivity index (χ2n) is 4.80. The molecule has 1 aliphatic carbocycles. The third-order valence-electron chi connectivity index (χ3n) is 3.52. The number of piperidine rings is 1. The fourth-order valence-electron chi connectivity index (χ4n) is 2.70. The zero-order valence-electron chi connectivity index (χ0n) is 9.63. The van der Waals surface area contributed by atoms with Gasteiger partial charge in [0.2, 0.25) is 0 Å². The Labute approximate surface area is 101 Å². The molecule has 17 heavy (non-hydrogen) atoms. The van der Waals surface area contributed by atoms with Gasteiger partial charge >= 0.3 is 5.97 Å². The molecule has 1 heterocycles. The first kappa shape index (κ1) is 12.8. The van der Waals surface area contributed by atoms with Crippen LogP contribution >= 0.6 is 0 Å². The molecule has 98 valence electrons. The first-order valence-corrected chi connectivity index (χ1v) is 7.41. The Balaban J connectivity index is 1.81. The number of carboxylic acids is 1. The first-order chi connectivity index (χ1) is 7.99. The Bertz CT molecular complexity index is 395. The van der Waals surface area contributed by atoms with Gasteiger partial charge in [0.15, 0.2) is 0 Å². The summed E-state index contributed by atoms with van der Waals surface area (Å²) in [6.07, 6.45) is 3.40. The summed E-state index contributed by atoms with van der Waals surface area (Å²) < 4.78 is 27.9. The lowest BCUT2D eigenvalue weighted by Gasteiger charge is -2.26. The van der Waals surface area contributed by atoms with E-state index in [0.717, 1.165) is 19.3 Å². The molecule has 2 atom stereocenters. The number of carboxylic acid groups (broad SMARTS) is 1. The Morgan fingerprint density at radius 1 is 1.41 bits per heavy atom. The Morgan fingerprint density at radius 2 is 2.18 bits per heavy atom. The van der Waals surface area contributed by atoms with E-state index in [-0.39, 0.29) is 19.0 Å². The molecule has 0 amide bonds. The maximum atomic E-state index is 11.9. The minimum atomic E-state index is -3.40. The molecule has 7 heteroatoms. The molecule has 0 radical (unpaired) electrons. The van der Waals surface area contributed by atoms with Crippen molar-refractivity contribution >= 4 is 16.2 Å². The van der Waals surface area contributed by atoms with E-state index in [1.807, 2.05) is 0 Å². The van der Waals surface area contributed by atoms with Crippen LogP contribution in [-0.4, -0.2) is 42.9 Å². The van der Waals surface area contributed by atoms with Crippen LogP contribution in [0.15, 0.2) is 0 Å². The Kier molecular flexibility index (Phi) is 3.70. The summed E-state index contributed by atoms with van der Waals surface area (Å²) in [4.78, 5) is 10.3. The predicted octanol–water partition coefficient (Wildman–Crippen LogP) is 0.170. The Morgan fingerprint density at radius 3 is 2.71 bits per heavy atom. The van der Waals surface area contributed by atoms with Crippen LogP contribution < -0.4 is 4.72 Å². The van der Waals surface area contributed by atoms with Gasteiger partial charge in [0.1, 0.15) is 0 Å². The standard InChI is InChI=1S/C10H18N2O4S/c13-10(14)2-1-5-11-17(15,16)12-7-8-3-4-9(12)6-8/h8-9,11H,1-7H2,(H,13,14). The van der Waals surface area contributed by atoms with Gasteiger partial charge in [-0.2, -0.15) is 12.7 Å². The lowest BCUT2D eigenvalue weighted by Crippen LogP contribution is -2.45. The van der Waals surface area contributed by atoms with Gasteiger partial charge in [0.25, 0.3) is 10.2 Å². The van der Waals surface area contributed by atoms with E-state index in [4.69, 9.17) is 5.11 Å². The van der Waals surface area contributed by atoms with Crippen molar-refractivity contribution in [2.24, 2.45) is 5.92 Å². The lowest BCUT2D eigenvalue weighted by molar-refractivity contribution is -0.137. The number of aliphatic carboxylic acids is 1. The molecule has 2 unspecified atom stereocenters. The minimum absolute atomic E-state index is 0.00538. The van der Waals surface area contributed by atoms with Gasteiger partial charge in [-0.3, -0.25) is 4.79 Å². The number of carbonyl (C=O) groups is 1. The van der Waals surface area contributed by atoms with Crippen LogP contribution in [0.5, 0.6) is 0 Å². The van der Waals surface area contributed by atoms with Gasteiger partial charge in [0, 0.05) is 25.6 Å². The van der Waals surface area contributed by atoms with Gasteiger partial charge in [-0.25, -0.2) is 4.72 Å². The van der Waals surface area contributed by atoms with E-state index < -0.39 is 16.2 Å². The SMILES string of the molecule is O=C(O)CCCNS(=O)(=O)N1CC2CCC1C2. The minimum Gasteiger partial charge on any atom is -0.481 e. The molecule has 2 rings (SSSR count). The number of fused-ring (bicyclic) bond motifs is 2. The van der Waals surface area contributed by atoms with E-state index in [1.54, 1.807) is 4.31 Å². The molecule has 2 fully saturated rings. The summed E-state index contributed by atoms with van der Waals surface area (Å²) in [7, 11) is -3.40. The van der Waals surface area contributed by atoms with Crippen molar-refractivity contribution in [2.75, 3.05) is 13.1 Å². The highest BCUT2D eigenvalue weighted by Crippen LogP contribution is 2.38. The zero-order valence-corrected chi connectivity index (χ0v) is 10.4. The van der Waals surface area contributed by atoms with Crippen molar-refractivity contribution in [1.29, 1.82) is 0 Å². The van der Waals surface area contributed by atoms with Crippen molar-refractivity contribution in [2.45, 2.75) is 38.1 Å². The molecule has 2 N–H and O–H groups in total. The van der Waals surface area contributed by atoms with Gasteiger partial charge < -0.3 is 5.11 Å². The number of hydrogen-bond donors (Lipinski definition) is 2. The van der Waals surface area contributed by atoms with E-state index in [1.165, 1.54) is 0 Å². The van der Waals surface area contributed by atoms with E-state index in [2.05, 4.69) is 4.72 Å². The molecule has 1 saturated carbocycles. The summed E-state index contributed by atoms with van der Waals surface area (Å²) in [5, 5.41) is 8.45. The second kappa shape index (κ2) is 4.91. The lowest BCUT2D eigenvalue weighted by atomic mass is 10.1. The highest BCUT2D eigenvalue weighted by Gasteiger charge is 2.43. The maximum Gasteiger partial charge on any atom is 0.303 e. The average Bonchev–Trinajstić information content (AvgIpc) is 2.86. The van der Waals surface area contributed by atoms with Gasteiger partial charge in [-0.05, 0) is 31.6 Å². The molecule has 1 saturated heterocycles. The van der Waals surface area contributed by atoms with E-state index in [0.29, 0.717) is 18.9 Å². The zero-order chi connectivity index (χ0) is 12.5. The van der Waals surface area contributed by atoms with E-state index >= 15 is 0 Å². The van der Waals surface area contributed by atoms with Crippen molar-refractivity contribution in [3.63, 3.8) is 0 Å². The quantitative estimate of drug-likeness (QED) is 0.668. The molecule has 0 aromatic carbocycles. The number of nitrogens with zero attached hydrogens (tertiary/aromatic N) is 1. The number of nitrogens with one attached hydrogen (secondary N) is 1. The van der Waals surface area contributed by atoms with Crippen molar-refractivity contribution < 1.29 is 18.3 Å². The van der Waals surface area contributed by atoms with Gasteiger partial charge in [-0.15, -0.1) is 0 Å². The summed E-state index contributed by atoms with van der Waals surface area (Å²) in [5.41, 5.74) is 0. The van der Waals surface area contributed by atoms with Crippen LogP contribution in [0.1, 0.15) is 32.1 Å². The van der Waals surface area contributed by atoms with Crippen molar-refractivity contribution in [1.82, 2.24) is 9.03 Å². The highest BCUT2D eigenvalue weighted by atomic mass is 32.2. The molecule has 1 aliphatic heterocycles. The summed E-state index contributed by atoms with van der Waals surface area (Å²) in [6, 6.07) is 0.164. The fraction of sp³-hybridized carbons (Fsp3) is 0.900. The van der Waals surface area contributed by atoms with Gasteiger partial charge in [0.05, 0.1) is 0 Å². The predicted molar refractivity (Wildman–Crippen MR) is 61.6 cm³/mol. The molecule has 0 spiro atoms. The molecular weight excluding hydrogens is 244 g/mol. The first-order valence-electron chi connectivity index (χ1n) is 5.97. The molecule has 2 aliphatic rings. The Hall–Kier alpha value is -0.660. The average molecular weight is 262 g/mol. The summed E-state index contributed by atoms with van der Waals surface area (Å²) in [6.45, 7) is 0.821. The third kappa shape index (κ3) is 2.97. The van der Waals surface area contributed by atoms with Crippen LogP contribution in [0, 0.1) is 5.92 Å². The van der Waals surface area contributed by atoms with Crippen molar-refractivity contribution in [3.05, 3.63) is 0 Å². The molecule has 0 aromatic rings. The van der Waals surface area contributed by atoms with Crippen LogP contribution in [0.3, 0.4) is 0 Å². The van der Waals surface area contributed by atoms with Crippen LogP contribution in [-0.2, 0) is 15.0 Å². The van der Waals surface area contributed by atoms with Gasteiger partial charge in [-0.1, -0.05) is 0 Å². The smallest absolute Gasteiger partial charge is 0.303 e. The normalized spacial score (nSPS) is 28.7. The molecule has 6 nitrogen and oxygen atoms in total. The molecular formula is C10H18N2O4S. The third-order valence-corrected chi connectivity index (χ3v) is 5.15. The second-order valence-corrected chi connectivity index (χ2v) is 6.51. The van der Waals surface area contributed by atoms with Crippen LogP contribution in [0.2, 0.25) is 0 Å². The summed E-state index contributed by atoms with van der Waals surface area (Å²) >= 11 is 0. The number of hydrogen-bond acceptors (Lipinski definition) is 3. The maximum absolute atomic E-state index is 11.9. The monoisotopic (exact) mass is 262 g/mol. The summed E-state index contributed by atoms with van der Waals surface area (Å²) in [5.74, 6) is -0.375.